The van der Waals surface area contributed by atoms with E-state index in [1.807, 2.05) is 37.2 Å². The molecular formula is C22H30ClN7O4. The number of halogens is 1. The molecule has 34 heavy (non-hydrogen) atoms. The number of anilines is 1. The number of nitrogens with zero attached hydrogens (tertiary/aromatic N) is 6. The van der Waals surface area contributed by atoms with Crippen molar-refractivity contribution < 1.29 is 18.9 Å². The number of ether oxygens (including phenoxy) is 2. The average molecular weight is 492 g/mol. The van der Waals surface area contributed by atoms with Gasteiger partial charge in [-0.2, -0.15) is 0 Å². The first-order valence-electron chi connectivity index (χ1n) is 11.4. The Hall–Kier alpha value is -3.08. The molecule has 1 amide bonds. The third kappa shape index (κ3) is 4.89. The molecule has 1 fully saturated rings. The molecule has 1 aliphatic rings. The molecule has 0 aromatic carbocycles. The summed E-state index contributed by atoms with van der Waals surface area (Å²) in [5.41, 5.74) is 6.85. The van der Waals surface area contributed by atoms with Gasteiger partial charge in [0.25, 0.3) is 0 Å². The van der Waals surface area contributed by atoms with Gasteiger partial charge in [-0.15, -0.1) is 0 Å². The van der Waals surface area contributed by atoms with Crippen molar-refractivity contribution in [1.29, 1.82) is 0 Å². The van der Waals surface area contributed by atoms with Crippen LogP contribution in [0.15, 0.2) is 10.8 Å². The number of carbonyl (C=O) groups excluding carboxylic acids is 1. The van der Waals surface area contributed by atoms with E-state index >= 15 is 0 Å². The van der Waals surface area contributed by atoms with Gasteiger partial charge in [0, 0.05) is 25.6 Å². The second-order valence-corrected chi connectivity index (χ2v) is 9.61. The number of hydrogen-bond donors (Lipinski definition) is 1. The fourth-order valence-corrected chi connectivity index (χ4v) is 4.38. The number of carbonyl (C=O) groups is 1. The number of amides is 1. The average Bonchev–Trinajstić information content (AvgIpc) is 3.38. The van der Waals surface area contributed by atoms with Gasteiger partial charge in [-0.25, -0.2) is 19.4 Å². The van der Waals surface area contributed by atoms with Gasteiger partial charge in [0.2, 0.25) is 0 Å². The summed E-state index contributed by atoms with van der Waals surface area (Å²) in [5, 5.41) is 7.76. The van der Waals surface area contributed by atoms with Crippen LogP contribution in [0.2, 0.25) is 5.15 Å². The predicted molar refractivity (Wildman–Crippen MR) is 127 cm³/mol. The number of rotatable bonds is 6. The molecule has 0 unspecified atom stereocenters. The molecule has 1 saturated heterocycles. The second kappa shape index (κ2) is 9.65. The molecule has 4 heterocycles. The minimum Gasteiger partial charge on any atom is -0.490 e. The molecule has 3 aromatic heterocycles. The van der Waals surface area contributed by atoms with E-state index in [2.05, 4.69) is 20.3 Å². The van der Waals surface area contributed by atoms with E-state index < -0.39 is 5.60 Å². The fraction of sp³-hybridized carbons (Fsp3) is 0.591. The standard InChI is InChI=1S/C22H30ClN7O4/c1-5-29-17-14(12-25-18(23)15(17)26-20(29)16-19(24)28-34-27-16)32-11-9-13-8-6-7-10-30(13)21(31)33-22(2,3)4/h12-13H,5-11H2,1-4H3,(H2,24,28)/t13-/m0/s1. The van der Waals surface area contributed by atoms with Crippen molar-refractivity contribution in [2.45, 2.75) is 71.6 Å². The molecule has 0 bridgehead atoms. The van der Waals surface area contributed by atoms with Crippen LogP contribution in [0.1, 0.15) is 53.4 Å². The number of pyridine rings is 1. The Morgan fingerprint density at radius 2 is 2.12 bits per heavy atom. The maximum Gasteiger partial charge on any atom is 0.410 e. The van der Waals surface area contributed by atoms with Crippen LogP contribution in [0.5, 0.6) is 5.75 Å². The van der Waals surface area contributed by atoms with Crippen LogP contribution in [0, 0.1) is 0 Å². The molecule has 4 rings (SSSR count). The quantitative estimate of drug-likeness (QED) is 0.500. The van der Waals surface area contributed by atoms with E-state index in [1.165, 1.54) is 0 Å². The van der Waals surface area contributed by atoms with Gasteiger partial charge in [0.1, 0.15) is 16.6 Å². The van der Waals surface area contributed by atoms with Crippen LogP contribution in [-0.4, -0.2) is 60.6 Å². The molecule has 0 aliphatic carbocycles. The summed E-state index contributed by atoms with van der Waals surface area (Å²) in [6.07, 6.45) is 4.91. The third-order valence-corrected chi connectivity index (χ3v) is 5.97. The van der Waals surface area contributed by atoms with E-state index in [4.69, 9.17) is 31.4 Å². The van der Waals surface area contributed by atoms with Crippen molar-refractivity contribution in [3.8, 4) is 17.3 Å². The highest BCUT2D eigenvalue weighted by Gasteiger charge is 2.30. The van der Waals surface area contributed by atoms with Crippen LogP contribution in [0.3, 0.4) is 0 Å². The number of piperidine rings is 1. The molecule has 0 saturated carbocycles. The van der Waals surface area contributed by atoms with Gasteiger partial charge in [-0.1, -0.05) is 11.6 Å². The molecular weight excluding hydrogens is 462 g/mol. The van der Waals surface area contributed by atoms with Crippen LogP contribution in [0.4, 0.5) is 10.6 Å². The summed E-state index contributed by atoms with van der Waals surface area (Å²) in [6.45, 7) is 9.22. The summed E-state index contributed by atoms with van der Waals surface area (Å²) in [4.78, 5) is 23.3. The number of aryl methyl sites for hydroxylation is 1. The van der Waals surface area contributed by atoms with Crippen molar-refractivity contribution in [1.82, 2.24) is 29.7 Å². The van der Waals surface area contributed by atoms with Gasteiger partial charge in [0.05, 0.1) is 12.8 Å². The largest absolute Gasteiger partial charge is 0.490 e. The summed E-state index contributed by atoms with van der Waals surface area (Å²) in [7, 11) is 0. The maximum atomic E-state index is 12.7. The van der Waals surface area contributed by atoms with E-state index in [9.17, 15) is 4.79 Å². The van der Waals surface area contributed by atoms with Gasteiger partial charge in [-0.05, 0) is 57.3 Å². The minimum atomic E-state index is -0.533. The fourth-order valence-electron chi connectivity index (χ4n) is 4.20. The molecule has 12 heteroatoms. The van der Waals surface area contributed by atoms with Crippen molar-refractivity contribution in [3.05, 3.63) is 11.3 Å². The van der Waals surface area contributed by atoms with E-state index in [0.29, 0.717) is 54.4 Å². The number of aromatic nitrogens is 5. The molecule has 184 valence electrons. The molecule has 0 radical (unpaired) electrons. The molecule has 3 aromatic rings. The van der Waals surface area contributed by atoms with E-state index in [1.54, 1.807) is 6.20 Å². The molecule has 2 N–H and O–H groups in total. The third-order valence-electron chi connectivity index (χ3n) is 5.70. The van der Waals surface area contributed by atoms with E-state index in [0.717, 1.165) is 19.3 Å². The monoisotopic (exact) mass is 491 g/mol. The highest BCUT2D eigenvalue weighted by molar-refractivity contribution is 6.34. The van der Waals surface area contributed by atoms with Gasteiger partial charge in [-0.3, -0.25) is 0 Å². The Labute approximate surface area is 202 Å². The van der Waals surface area contributed by atoms with Gasteiger partial charge < -0.3 is 24.7 Å². The second-order valence-electron chi connectivity index (χ2n) is 9.25. The highest BCUT2D eigenvalue weighted by atomic mass is 35.5. The summed E-state index contributed by atoms with van der Waals surface area (Å²) in [5.74, 6) is 1.14. The minimum absolute atomic E-state index is 0.0481. The van der Waals surface area contributed by atoms with Crippen LogP contribution < -0.4 is 10.5 Å². The lowest BCUT2D eigenvalue weighted by atomic mass is 10.0. The zero-order valence-corrected chi connectivity index (χ0v) is 20.6. The Morgan fingerprint density at radius 3 is 2.79 bits per heavy atom. The van der Waals surface area contributed by atoms with Crippen LogP contribution in [0.25, 0.3) is 22.6 Å². The first-order valence-corrected chi connectivity index (χ1v) is 11.8. The lowest BCUT2D eigenvalue weighted by Gasteiger charge is -2.36. The molecule has 1 atom stereocenters. The van der Waals surface area contributed by atoms with Crippen molar-refractivity contribution >= 4 is 34.5 Å². The predicted octanol–water partition coefficient (Wildman–Crippen LogP) is 4.30. The van der Waals surface area contributed by atoms with Crippen molar-refractivity contribution in [3.63, 3.8) is 0 Å². The molecule has 11 nitrogen and oxygen atoms in total. The number of nitrogen functional groups attached to an aromatic ring is 1. The zero-order chi connectivity index (χ0) is 24.5. The Morgan fingerprint density at radius 1 is 1.32 bits per heavy atom. The topological polar surface area (TPSA) is 134 Å². The summed E-state index contributed by atoms with van der Waals surface area (Å²) >= 11 is 6.34. The zero-order valence-electron chi connectivity index (χ0n) is 19.9. The number of likely N-dealkylation sites (tertiary alicyclic amines) is 1. The SMILES string of the molecule is CCn1c(-c2nonc2N)nc2c(Cl)ncc(OCC[C@@H]3CCCCN3C(=O)OC(C)(C)C)c21. The first kappa shape index (κ1) is 24.1. The van der Waals surface area contributed by atoms with Crippen LogP contribution >= 0.6 is 11.6 Å². The van der Waals surface area contributed by atoms with Crippen molar-refractivity contribution in [2.24, 2.45) is 0 Å². The molecule has 0 spiro atoms. The summed E-state index contributed by atoms with van der Waals surface area (Å²) in [6, 6.07) is 0.0481. The lowest BCUT2D eigenvalue weighted by Crippen LogP contribution is -2.46. The Kier molecular flexibility index (Phi) is 6.83. The number of fused-ring (bicyclic) bond motifs is 1. The lowest BCUT2D eigenvalue weighted by molar-refractivity contribution is 0.00744. The molecule has 1 aliphatic heterocycles. The number of hydrogen-bond acceptors (Lipinski definition) is 9. The smallest absolute Gasteiger partial charge is 0.410 e. The van der Waals surface area contributed by atoms with Crippen LogP contribution in [-0.2, 0) is 11.3 Å². The van der Waals surface area contributed by atoms with Gasteiger partial charge >= 0.3 is 6.09 Å². The first-order chi connectivity index (χ1) is 16.2. The summed E-state index contributed by atoms with van der Waals surface area (Å²) < 4.78 is 18.4. The number of imidazole rings is 1. The Bertz CT molecular complexity index is 1170. The Balaban J connectivity index is 1.54. The van der Waals surface area contributed by atoms with Crippen molar-refractivity contribution in [2.75, 3.05) is 18.9 Å². The van der Waals surface area contributed by atoms with E-state index in [-0.39, 0.29) is 23.1 Å². The number of nitrogens with two attached hydrogens (primary N) is 1. The van der Waals surface area contributed by atoms with Gasteiger partial charge in [0.15, 0.2) is 28.2 Å². The normalized spacial score (nSPS) is 16.7. The maximum absolute atomic E-state index is 12.7. The highest BCUT2D eigenvalue weighted by Crippen LogP contribution is 2.35.